The Balaban J connectivity index is 1.45. The zero-order valence-electron chi connectivity index (χ0n) is 22.6. The Morgan fingerprint density at radius 1 is 0.950 bits per heavy atom. The largest absolute Gasteiger partial charge is 0.318 e. The summed E-state index contributed by atoms with van der Waals surface area (Å²) in [6.45, 7) is 6.31. The lowest BCUT2D eigenvalue weighted by molar-refractivity contribution is 0.585. The van der Waals surface area contributed by atoms with Crippen molar-refractivity contribution in [3.05, 3.63) is 148 Å². The second-order valence-electron chi connectivity index (χ2n) is 10.6. The molecule has 1 aliphatic carbocycles. The standard InChI is InChI=1S/C34H28ClN3OS/c1-20-12-15-25(16-13-20)37-21(2)18-24(22(37)3)19-30-33(39)38-32(27-10-6-7-11-29(27)35)28-17-14-23-8-4-5-9-26(23)31(28)36-34(38)40-30/h4-13,15-16,18-19,32H,14,17H2,1-3H3/b30-19-/t32-/m1/s1. The Morgan fingerprint density at radius 2 is 1.70 bits per heavy atom. The SMILES string of the molecule is Cc1ccc(-n2c(C)cc(/C=c3\sc4n(c3=O)[C@H](c3ccccc3Cl)C3=C(N=4)c4ccccc4CC3)c2C)cc1. The van der Waals surface area contributed by atoms with Crippen molar-refractivity contribution in [3.8, 4) is 5.69 Å². The van der Waals surface area contributed by atoms with E-state index >= 15 is 0 Å². The molecule has 0 unspecified atom stereocenters. The summed E-state index contributed by atoms with van der Waals surface area (Å²) in [5.74, 6) is 0. The predicted octanol–water partition coefficient (Wildman–Crippen LogP) is 6.69. The summed E-state index contributed by atoms with van der Waals surface area (Å²) in [4.78, 5) is 20.0. The Morgan fingerprint density at radius 3 is 2.50 bits per heavy atom. The first-order valence-electron chi connectivity index (χ1n) is 13.5. The highest BCUT2D eigenvalue weighted by Gasteiger charge is 2.33. The third-order valence-corrected chi connectivity index (χ3v) is 9.45. The number of thiazole rings is 1. The second kappa shape index (κ2) is 9.61. The van der Waals surface area contributed by atoms with Gasteiger partial charge < -0.3 is 4.57 Å². The van der Waals surface area contributed by atoms with Crippen LogP contribution in [0.1, 0.15) is 51.7 Å². The van der Waals surface area contributed by atoms with E-state index in [-0.39, 0.29) is 11.6 Å². The van der Waals surface area contributed by atoms with Gasteiger partial charge in [-0.2, -0.15) is 0 Å². The molecule has 5 aromatic rings. The van der Waals surface area contributed by atoms with Crippen LogP contribution in [0.2, 0.25) is 5.02 Å². The molecule has 2 aromatic heterocycles. The van der Waals surface area contributed by atoms with Crippen LogP contribution < -0.4 is 14.9 Å². The minimum absolute atomic E-state index is 0.0285. The minimum Gasteiger partial charge on any atom is -0.318 e. The Bertz CT molecular complexity index is 2020. The van der Waals surface area contributed by atoms with Crippen molar-refractivity contribution < 1.29 is 0 Å². The molecule has 0 fully saturated rings. The maximum absolute atomic E-state index is 14.2. The van der Waals surface area contributed by atoms with Gasteiger partial charge in [-0.3, -0.25) is 9.36 Å². The molecule has 0 saturated heterocycles. The molecule has 3 heterocycles. The van der Waals surface area contributed by atoms with Gasteiger partial charge in [0, 0.05) is 27.7 Å². The molecule has 7 rings (SSSR count). The first-order valence-corrected chi connectivity index (χ1v) is 14.7. The number of allylic oxidation sites excluding steroid dienone is 1. The van der Waals surface area contributed by atoms with E-state index in [1.54, 1.807) is 0 Å². The van der Waals surface area contributed by atoms with Crippen LogP contribution in [-0.2, 0) is 6.42 Å². The molecule has 0 spiro atoms. The van der Waals surface area contributed by atoms with Crippen LogP contribution in [0.3, 0.4) is 0 Å². The number of aryl methyl sites for hydroxylation is 3. The molecule has 2 aliphatic rings. The van der Waals surface area contributed by atoms with Crippen molar-refractivity contribution in [1.29, 1.82) is 0 Å². The van der Waals surface area contributed by atoms with Gasteiger partial charge in [-0.05, 0) is 86.2 Å². The normalized spacial score (nSPS) is 16.4. The van der Waals surface area contributed by atoms with Gasteiger partial charge >= 0.3 is 0 Å². The third kappa shape index (κ3) is 3.95. The lowest BCUT2D eigenvalue weighted by atomic mass is 9.83. The molecule has 3 aromatic carbocycles. The van der Waals surface area contributed by atoms with Crippen molar-refractivity contribution in [3.63, 3.8) is 0 Å². The highest BCUT2D eigenvalue weighted by molar-refractivity contribution is 7.07. The fourth-order valence-electron chi connectivity index (χ4n) is 6.16. The van der Waals surface area contributed by atoms with E-state index in [9.17, 15) is 4.79 Å². The summed E-state index contributed by atoms with van der Waals surface area (Å²) in [5.41, 5.74) is 11.1. The number of benzene rings is 3. The molecule has 40 heavy (non-hydrogen) atoms. The van der Waals surface area contributed by atoms with E-state index < -0.39 is 0 Å². The molecular weight excluding hydrogens is 534 g/mol. The van der Waals surface area contributed by atoms with Crippen LogP contribution in [0, 0.1) is 20.8 Å². The minimum atomic E-state index is -0.282. The summed E-state index contributed by atoms with van der Waals surface area (Å²) >= 11 is 8.23. The van der Waals surface area contributed by atoms with E-state index in [4.69, 9.17) is 16.6 Å². The van der Waals surface area contributed by atoms with Crippen LogP contribution in [-0.4, -0.2) is 9.13 Å². The van der Waals surface area contributed by atoms with Crippen LogP contribution >= 0.6 is 22.9 Å². The van der Waals surface area contributed by atoms with Gasteiger partial charge in [-0.15, -0.1) is 0 Å². The molecule has 198 valence electrons. The van der Waals surface area contributed by atoms with Crippen LogP contribution in [0.4, 0.5) is 0 Å². The number of aromatic nitrogens is 2. The topological polar surface area (TPSA) is 39.3 Å². The van der Waals surface area contributed by atoms with E-state index in [1.807, 2.05) is 34.9 Å². The summed E-state index contributed by atoms with van der Waals surface area (Å²) in [7, 11) is 0. The van der Waals surface area contributed by atoms with Gasteiger partial charge in [0.1, 0.15) is 0 Å². The summed E-state index contributed by atoms with van der Waals surface area (Å²) in [6, 6.07) is 26.7. The van der Waals surface area contributed by atoms with Gasteiger partial charge in [0.15, 0.2) is 4.80 Å². The maximum atomic E-state index is 14.2. The van der Waals surface area contributed by atoms with Crippen LogP contribution in [0.5, 0.6) is 0 Å². The van der Waals surface area contributed by atoms with Gasteiger partial charge in [-0.25, -0.2) is 4.99 Å². The van der Waals surface area contributed by atoms with Gasteiger partial charge in [0.05, 0.1) is 16.3 Å². The Hall–Kier alpha value is -3.93. The molecule has 0 saturated carbocycles. The number of hydrogen-bond acceptors (Lipinski definition) is 3. The molecule has 6 heteroatoms. The number of fused-ring (bicyclic) bond motifs is 3. The predicted molar refractivity (Wildman–Crippen MR) is 164 cm³/mol. The first-order chi connectivity index (χ1) is 19.4. The monoisotopic (exact) mass is 561 g/mol. The second-order valence-corrected chi connectivity index (χ2v) is 12.0. The average Bonchev–Trinajstić information content (AvgIpc) is 3.42. The van der Waals surface area contributed by atoms with Crippen LogP contribution in [0.25, 0.3) is 17.5 Å². The number of rotatable bonds is 3. The van der Waals surface area contributed by atoms with Gasteiger partial charge in [0.25, 0.3) is 5.56 Å². The van der Waals surface area contributed by atoms with E-state index in [2.05, 4.69) is 79.9 Å². The summed E-state index contributed by atoms with van der Waals surface area (Å²) in [6.07, 6.45) is 3.78. The third-order valence-electron chi connectivity index (χ3n) is 8.12. The molecule has 0 N–H and O–H groups in total. The van der Waals surface area contributed by atoms with Gasteiger partial charge in [0.2, 0.25) is 0 Å². The number of nitrogens with zero attached hydrogens (tertiary/aromatic N) is 3. The lowest BCUT2D eigenvalue weighted by Gasteiger charge is -2.31. The first kappa shape index (κ1) is 25.1. The van der Waals surface area contributed by atoms with Crippen molar-refractivity contribution in [2.75, 3.05) is 0 Å². The Kier molecular flexibility index (Phi) is 6.02. The lowest BCUT2D eigenvalue weighted by Crippen LogP contribution is -2.38. The van der Waals surface area contributed by atoms with E-state index in [0.29, 0.717) is 14.4 Å². The van der Waals surface area contributed by atoms with Crippen LogP contribution in [0.15, 0.2) is 94.2 Å². The maximum Gasteiger partial charge on any atom is 0.271 e. The van der Waals surface area contributed by atoms with Crippen molar-refractivity contribution in [2.24, 2.45) is 4.99 Å². The number of hydrogen-bond donors (Lipinski definition) is 0. The number of halogens is 1. The molecule has 4 nitrogen and oxygen atoms in total. The summed E-state index contributed by atoms with van der Waals surface area (Å²) in [5, 5.41) is 0.663. The summed E-state index contributed by atoms with van der Waals surface area (Å²) < 4.78 is 4.78. The van der Waals surface area contributed by atoms with Crippen molar-refractivity contribution >= 4 is 34.7 Å². The molecule has 1 aliphatic heterocycles. The molecular formula is C34H28ClN3OS. The quantitative estimate of drug-likeness (QED) is 0.242. The van der Waals surface area contributed by atoms with Gasteiger partial charge in [-0.1, -0.05) is 83.1 Å². The Labute approximate surface area is 241 Å². The van der Waals surface area contributed by atoms with Crippen molar-refractivity contribution in [2.45, 2.75) is 39.7 Å². The highest BCUT2D eigenvalue weighted by Crippen LogP contribution is 2.42. The molecule has 0 amide bonds. The smallest absolute Gasteiger partial charge is 0.271 e. The van der Waals surface area contributed by atoms with Crippen molar-refractivity contribution in [1.82, 2.24) is 9.13 Å². The molecule has 0 radical (unpaired) electrons. The fraction of sp³-hybridized carbons (Fsp3) is 0.176. The molecule has 1 atom stereocenters. The zero-order chi connectivity index (χ0) is 27.5. The highest BCUT2D eigenvalue weighted by atomic mass is 35.5. The molecule has 0 bridgehead atoms. The van der Waals surface area contributed by atoms with E-state index in [1.165, 1.54) is 22.5 Å². The van der Waals surface area contributed by atoms with E-state index in [0.717, 1.165) is 57.9 Å². The average molecular weight is 562 g/mol. The fourth-order valence-corrected chi connectivity index (χ4v) is 7.39. The zero-order valence-corrected chi connectivity index (χ0v) is 24.2.